The van der Waals surface area contributed by atoms with Gasteiger partial charge in [0.2, 0.25) is 0 Å². The first kappa shape index (κ1) is 16.5. The molecule has 114 valence electrons. The van der Waals surface area contributed by atoms with Crippen LogP contribution in [0, 0.1) is 0 Å². The van der Waals surface area contributed by atoms with Crippen LogP contribution in [0.1, 0.15) is 31.2 Å². The third-order valence-corrected chi connectivity index (χ3v) is 4.94. The lowest BCUT2D eigenvalue weighted by Crippen LogP contribution is -2.38. The molecular formula is C16H22IN3S. The molecule has 1 aliphatic carbocycles. The minimum atomic E-state index is 0. The second-order valence-corrected chi connectivity index (χ2v) is 6.31. The summed E-state index contributed by atoms with van der Waals surface area (Å²) in [5, 5.41) is 6.92. The van der Waals surface area contributed by atoms with Crippen LogP contribution >= 0.6 is 35.3 Å². The zero-order valence-corrected chi connectivity index (χ0v) is 15.2. The van der Waals surface area contributed by atoms with Crippen LogP contribution in [-0.2, 0) is 6.42 Å². The van der Waals surface area contributed by atoms with Gasteiger partial charge in [0.1, 0.15) is 0 Å². The highest BCUT2D eigenvalue weighted by Gasteiger charge is 2.14. The number of rotatable bonds is 4. The van der Waals surface area contributed by atoms with Gasteiger partial charge in [-0.05, 0) is 41.7 Å². The third kappa shape index (κ3) is 4.32. The molecule has 0 radical (unpaired) electrons. The zero-order chi connectivity index (χ0) is 13.8. The molecule has 3 N–H and O–H groups in total. The van der Waals surface area contributed by atoms with Crippen molar-refractivity contribution in [2.24, 2.45) is 10.7 Å². The molecule has 3 nitrogen and oxygen atoms in total. The lowest BCUT2D eigenvalue weighted by atomic mass is 10.1. The van der Waals surface area contributed by atoms with Gasteiger partial charge in [-0.1, -0.05) is 31.0 Å². The Kier molecular flexibility index (Phi) is 6.29. The summed E-state index contributed by atoms with van der Waals surface area (Å²) in [5.74, 6) is 0.608. The normalized spacial score (nSPS) is 16.1. The number of aliphatic imine (C=N–C) groups is 1. The number of nitrogens with two attached hydrogens (primary N) is 1. The standard InChI is InChI=1S/C16H21N3S.HI/c17-16(19-13-5-1-2-6-13)18-10-9-12-11-20-15-8-4-3-7-14(12)15;/h3-4,7-8,11,13H,1-2,5-6,9-10H2,(H3,17,18,19);1H. The summed E-state index contributed by atoms with van der Waals surface area (Å²) in [6.07, 6.45) is 6.03. The largest absolute Gasteiger partial charge is 0.370 e. The average molecular weight is 415 g/mol. The summed E-state index contributed by atoms with van der Waals surface area (Å²) >= 11 is 1.80. The van der Waals surface area contributed by atoms with Gasteiger partial charge in [-0.25, -0.2) is 0 Å². The van der Waals surface area contributed by atoms with E-state index in [9.17, 15) is 0 Å². The van der Waals surface area contributed by atoms with Gasteiger partial charge in [-0.3, -0.25) is 4.99 Å². The fourth-order valence-electron chi connectivity index (χ4n) is 2.85. The van der Waals surface area contributed by atoms with Crippen molar-refractivity contribution >= 4 is 51.4 Å². The first-order valence-electron chi connectivity index (χ1n) is 7.34. The molecule has 1 heterocycles. The van der Waals surface area contributed by atoms with E-state index in [1.54, 1.807) is 11.3 Å². The maximum atomic E-state index is 5.95. The first-order valence-corrected chi connectivity index (χ1v) is 8.22. The number of nitrogens with zero attached hydrogens (tertiary/aromatic N) is 1. The molecule has 1 fully saturated rings. The van der Waals surface area contributed by atoms with Crippen molar-refractivity contribution in [3.8, 4) is 0 Å². The third-order valence-electron chi connectivity index (χ3n) is 3.93. The molecule has 0 bridgehead atoms. The highest BCUT2D eigenvalue weighted by Crippen LogP contribution is 2.25. The van der Waals surface area contributed by atoms with E-state index < -0.39 is 0 Å². The summed E-state index contributed by atoms with van der Waals surface area (Å²) in [6.45, 7) is 0.756. The Morgan fingerprint density at radius 3 is 2.86 bits per heavy atom. The number of hydrogen-bond donors (Lipinski definition) is 2. The molecule has 0 amide bonds. The Balaban J connectivity index is 0.00000161. The van der Waals surface area contributed by atoms with Crippen molar-refractivity contribution in [1.82, 2.24) is 5.32 Å². The zero-order valence-electron chi connectivity index (χ0n) is 12.0. The summed E-state index contributed by atoms with van der Waals surface area (Å²) < 4.78 is 1.35. The topological polar surface area (TPSA) is 50.4 Å². The first-order chi connectivity index (χ1) is 9.83. The van der Waals surface area contributed by atoms with E-state index in [2.05, 4.69) is 40.0 Å². The molecule has 0 aliphatic heterocycles. The minimum Gasteiger partial charge on any atom is -0.370 e. The second-order valence-electron chi connectivity index (χ2n) is 5.40. The number of hydrogen-bond acceptors (Lipinski definition) is 2. The van der Waals surface area contributed by atoms with Gasteiger partial charge in [0, 0.05) is 17.3 Å². The smallest absolute Gasteiger partial charge is 0.188 e. The molecule has 0 spiro atoms. The van der Waals surface area contributed by atoms with E-state index in [1.807, 2.05) is 0 Å². The van der Waals surface area contributed by atoms with Crippen LogP contribution in [0.2, 0.25) is 0 Å². The van der Waals surface area contributed by atoms with Gasteiger partial charge in [0.25, 0.3) is 0 Å². The maximum absolute atomic E-state index is 5.95. The molecule has 0 saturated heterocycles. The predicted molar refractivity (Wildman–Crippen MR) is 103 cm³/mol. The number of benzene rings is 1. The van der Waals surface area contributed by atoms with Crippen LogP contribution in [0.15, 0.2) is 34.6 Å². The second kappa shape index (κ2) is 7.98. The van der Waals surface area contributed by atoms with E-state index in [1.165, 1.54) is 41.3 Å². The Bertz CT molecular complexity index is 602. The number of halogens is 1. The molecule has 1 aromatic heterocycles. The number of guanidine groups is 1. The van der Waals surface area contributed by atoms with E-state index in [0.29, 0.717) is 12.0 Å². The molecule has 0 unspecified atom stereocenters. The van der Waals surface area contributed by atoms with E-state index >= 15 is 0 Å². The SMILES string of the molecule is I.NC(=NCCc1csc2ccccc12)NC1CCCC1. The van der Waals surface area contributed by atoms with E-state index in [0.717, 1.165) is 13.0 Å². The Hall–Kier alpha value is -0.820. The minimum absolute atomic E-state index is 0. The number of fused-ring (bicyclic) bond motifs is 1. The molecule has 1 aliphatic rings. The molecule has 1 saturated carbocycles. The molecule has 3 rings (SSSR count). The van der Waals surface area contributed by atoms with E-state index in [4.69, 9.17) is 5.73 Å². The van der Waals surface area contributed by atoms with Gasteiger partial charge < -0.3 is 11.1 Å². The fourth-order valence-corrected chi connectivity index (χ4v) is 3.85. The highest BCUT2D eigenvalue weighted by atomic mass is 127. The van der Waals surface area contributed by atoms with Gasteiger partial charge in [-0.15, -0.1) is 35.3 Å². The lowest BCUT2D eigenvalue weighted by Gasteiger charge is -2.12. The summed E-state index contributed by atoms with van der Waals surface area (Å²) in [5.41, 5.74) is 7.32. The summed E-state index contributed by atoms with van der Waals surface area (Å²) in [7, 11) is 0. The van der Waals surface area contributed by atoms with Gasteiger partial charge >= 0.3 is 0 Å². The maximum Gasteiger partial charge on any atom is 0.188 e. The highest BCUT2D eigenvalue weighted by molar-refractivity contribution is 14.0. The average Bonchev–Trinajstić information content (AvgIpc) is 3.09. The van der Waals surface area contributed by atoms with Crippen molar-refractivity contribution in [3.63, 3.8) is 0 Å². The van der Waals surface area contributed by atoms with Crippen LogP contribution in [0.3, 0.4) is 0 Å². The summed E-state index contributed by atoms with van der Waals surface area (Å²) in [6, 6.07) is 9.08. The number of nitrogens with one attached hydrogen (secondary N) is 1. The van der Waals surface area contributed by atoms with Crippen molar-refractivity contribution in [2.45, 2.75) is 38.1 Å². The van der Waals surface area contributed by atoms with Crippen LogP contribution < -0.4 is 11.1 Å². The van der Waals surface area contributed by atoms with Crippen molar-refractivity contribution in [3.05, 3.63) is 35.2 Å². The Morgan fingerprint density at radius 1 is 1.29 bits per heavy atom. The lowest BCUT2D eigenvalue weighted by molar-refractivity contribution is 0.625. The quantitative estimate of drug-likeness (QED) is 0.452. The van der Waals surface area contributed by atoms with Crippen molar-refractivity contribution in [1.29, 1.82) is 0 Å². The molecule has 1 aromatic carbocycles. The fraction of sp³-hybridized carbons (Fsp3) is 0.438. The van der Waals surface area contributed by atoms with Crippen LogP contribution in [0.4, 0.5) is 0 Å². The van der Waals surface area contributed by atoms with Crippen molar-refractivity contribution < 1.29 is 0 Å². The molecule has 0 atom stereocenters. The molecular weight excluding hydrogens is 393 g/mol. The monoisotopic (exact) mass is 415 g/mol. The predicted octanol–water partition coefficient (Wildman–Crippen LogP) is 3.91. The molecule has 21 heavy (non-hydrogen) atoms. The van der Waals surface area contributed by atoms with Gasteiger partial charge in [0.15, 0.2) is 5.96 Å². The Morgan fingerprint density at radius 2 is 2.05 bits per heavy atom. The van der Waals surface area contributed by atoms with Crippen LogP contribution in [-0.4, -0.2) is 18.5 Å². The van der Waals surface area contributed by atoms with Crippen LogP contribution in [0.25, 0.3) is 10.1 Å². The van der Waals surface area contributed by atoms with Crippen molar-refractivity contribution in [2.75, 3.05) is 6.54 Å². The van der Waals surface area contributed by atoms with Gasteiger partial charge in [0.05, 0.1) is 0 Å². The van der Waals surface area contributed by atoms with Crippen LogP contribution in [0.5, 0.6) is 0 Å². The van der Waals surface area contributed by atoms with E-state index in [-0.39, 0.29) is 24.0 Å². The Labute approximate surface area is 147 Å². The summed E-state index contributed by atoms with van der Waals surface area (Å²) in [4.78, 5) is 4.46. The molecule has 2 aromatic rings. The van der Waals surface area contributed by atoms with Gasteiger partial charge in [-0.2, -0.15) is 0 Å². The number of thiophene rings is 1. The molecule has 5 heteroatoms.